The van der Waals surface area contributed by atoms with E-state index in [2.05, 4.69) is 23.5 Å². The standard InChI is InChI=1S/C22H24N2O2/c1-14-6-9-20(15(2)10-14)24-13-18(12-21(24)25)22(26)23-19-8-7-16-4-3-5-17(16)11-19/h6-11,18H,3-5,12-13H2,1-2H3,(H,23,26). The van der Waals surface area contributed by atoms with Gasteiger partial charge >= 0.3 is 0 Å². The Bertz CT molecular complexity index is 888. The zero-order valence-corrected chi connectivity index (χ0v) is 15.3. The van der Waals surface area contributed by atoms with Crippen molar-refractivity contribution in [1.29, 1.82) is 0 Å². The van der Waals surface area contributed by atoms with Gasteiger partial charge in [0, 0.05) is 24.3 Å². The molecule has 0 bridgehead atoms. The fraction of sp³-hybridized carbons (Fsp3) is 0.364. The van der Waals surface area contributed by atoms with Gasteiger partial charge in [0.1, 0.15) is 0 Å². The van der Waals surface area contributed by atoms with Crippen molar-refractivity contribution >= 4 is 23.2 Å². The number of aryl methyl sites for hydroxylation is 4. The van der Waals surface area contributed by atoms with Crippen LogP contribution >= 0.6 is 0 Å². The lowest BCUT2D eigenvalue weighted by Gasteiger charge is -2.19. The number of amides is 2. The van der Waals surface area contributed by atoms with Crippen molar-refractivity contribution in [3.63, 3.8) is 0 Å². The van der Waals surface area contributed by atoms with Crippen molar-refractivity contribution in [1.82, 2.24) is 0 Å². The first kappa shape index (κ1) is 16.8. The number of hydrogen-bond donors (Lipinski definition) is 1. The monoisotopic (exact) mass is 348 g/mol. The summed E-state index contributed by atoms with van der Waals surface area (Å²) in [4.78, 5) is 26.9. The van der Waals surface area contributed by atoms with Gasteiger partial charge in [0.25, 0.3) is 0 Å². The molecule has 1 N–H and O–H groups in total. The fourth-order valence-corrected chi connectivity index (χ4v) is 4.12. The van der Waals surface area contributed by atoms with Gasteiger partial charge in [-0.1, -0.05) is 23.8 Å². The number of fused-ring (bicyclic) bond motifs is 1. The summed E-state index contributed by atoms with van der Waals surface area (Å²) in [7, 11) is 0. The van der Waals surface area contributed by atoms with Crippen molar-refractivity contribution < 1.29 is 9.59 Å². The third-order valence-corrected chi connectivity index (χ3v) is 5.50. The lowest BCUT2D eigenvalue weighted by Crippen LogP contribution is -2.28. The molecule has 1 saturated heterocycles. The van der Waals surface area contributed by atoms with Crippen LogP contribution in [0.5, 0.6) is 0 Å². The number of carbonyl (C=O) groups excluding carboxylic acids is 2. The van der Waals surface area contributed by atoms with Gasteiger partial charge in [0.2, 0.25) is 11.8 Å². The lowest BCUT2D eigenvalue weighted by molar-refractivity contribution is -0.122. The van der Waals surface area contributed by atoms with Crippen LogP contribution in [0.4, 0.5) is 11.4 Å². The maximum absolute atomic E-state index is 12.7. The molecule has 26 heavy (non-hydrogen) atoms. The number of nitrogens with one attached hydrogen (secondary N) is 1. The largest absolute Gasteiger partial charge is 0.326 e. The van der Waals surface area contributed by atoms with Gasteiger partial charge in [0.05, 0.1) is 5.92 Å². The first-order valence-corrected chi connectivity index (χ1v) is 9.31. The highest BCUT2D eigenvalue weighted by atomic mass is 16.2. The van der Waals surface area contributed by atoms with E-state index in [1.807, 2.05) is 32.0 Å². The fourth-order valence-electron chi connectivity index (χ4n) is 4.12. The summed E-state index contributed by atoms with van der Waals surface area (Å²) in [5, 5.41) is 3.01. The molecule has 1 aliphatic heterocycles. The summed E-state index contributed by atoms with van der Waals surface area (Å²) in [6.45, 7) is 4.49. The molecule has 2 aromatic rings. The summed E-state index contributed by atoms with van der Waals surface area (Å²) in [6.07, 6.45) is 3.67. The van der Waals surface area contributed by atoms with E-state index in [-0.39, 0.29) is 24.2 Å². The molecule has 4 heteroatoms. The third kappa shape index (κ3) is 3.12. The third-order valence-electron chi connectivity index (χ3n) is 5.50. The second-order valence-corrected chi connectivity index (χ2v) is 7.52. The van der Waals surface area contributed by atoms with E-state index in [0.29, 0.717) is 6.54 Å². The molecular weight excluding hydrogens is 324 g/mol. The van der Waals surface area contributed by atoms with Gasteiger partial charge in [-0.3, -0.25) is 9.59 Å². The Labute approximate surface area is 154 Å². The number of benzene rings is 2. The van der Waals surface area contributed by atoms with E-state index in [1.165, 1.54) is 23.1 Å². The summed E-state index contributed by atoms with van der Waals surface area (Å²) < 4.78 is 0. The Morgan fingerprint density at radius 1 is 1.08 bits per heavy atom. The second kappa shape index (κ2) is 6.60. The molecule has 0 radical (unpaired) electrons. The molecule has 1 aliphatic carbocycles. The molecule has 2 amide bonds. The number of hydrogen-bond acceptors (Lipinski definition) is 2. The van der Waals surface area contributed by atoms with Crippen LogP contribution in [0.15, 0.2) is 36.4 Å². The number of carbonyl (C=O) groups is 2. The van der Waals surface area contributed by atoms with Crippen LogP contribution in [0, 0.1) is 19.8 Å². The van der Waals surface area contributed by atoms with Crippen LogP contribution in [0.2, 0.25) is 0 Å². The summed E-state index contributed by atoms with van der Waals surface area (Å²) in [5.74, 6) is -0.355. The average molecular weight is 348 g/mol. The van der Waals surface area contributed by atoms with E-state index in [1.54, 1.807) is 4.90 Å². The van der Waals surface area contributed by atoms with E-state index in [4.69, 9.17) is 0 Å². The lowest BCUT2D eigenvalue weighted by atomic mass is 10.1. The van der Waals surface area contributed by atoms with Gasteiger partial charge in [0.15, 0.2) is 0 Å². The highest BCUT2D eigenvalue weighted by Crippen LogP contribution is 2.30. The summed E-state index contributed by atoms with van der Waals surface area (Å²) >= 11 is 0. The van der Waals surface area contributed by atoms with Crippen molar-refractivity contribution in [2.75, 3.05) is 16.8 Å². The Morgan fingerprint density at radius 3 is 2.69 bits per heavy atom. The minimum absolute atomic E-state index is 0.0195. The Hall–Kier alpha value is -2.62. The molecular formula is C22H24N2O2. The normalized spacial score (nSPS) is 18.9. The number of anilines is 2. The molecule has 2 aliphatic rings. The van der Waals surface area contributed by atoms with Crippen molar-refractivity contribution in [3.05, 3.63) is 58.7 Å². The molecule has 0 spiro atoms. The highest BCUT2D eigenvalue weighted by Gasteiger charge is 2.35. The maximum Gasteiger partial charge on any atom is 0.229 e. The van der Waals surface area contributed by atoms with Crippen LogP contribution in [0.1, 0.15) is 35.1 Å². The minimum atomic E-state index is -0.309. The van der Waals surface area contributed by atoms with Crippen LogP contribution in [-0.4, -0.2) is 18.4 Å². The topological polar surface area (TPSA) is 49.4 Å². The van der Waals surface area contributed by atoms with Gasteiger partial charge in [-0.25, -0.2) is 0 Å². The molecule has 134 valence electrons. The Kier molecular flexibility index (Phi) is 4.27. The second-order valence-electron chi connectivity index (χ2n) is 7.52. The van der Waals surface area contributed by atoms with Crippen LogP contribution in [-0.2, 0) is 22.4 Å². The Balaban J connectivity index is 1.47. The van der Waals surface area contributed by atoms with Crippen molar-refractivity contribution in [2.45, 2.75) is 39.5 Å². The maximum atomic E-state index is 12.7. The minimum Gasteiger partial charge on any atom is -0.326 e. The highest BCUT2D eigenvalue weighted by molar-refractivity contribution is 6.03. The number of rotatable bonds is 3. The SMILES string of the molecule is Cc1ccc(N2CC(C(=O)Nc3ccc4c(c3)CCC4)CC2=O)c(C)c1. The molecule has 1 unspecified atom stereocenters. The van der Waals surface area contributed by atoms with Gasteiger partial charge in [-0.05, 0) is 68.0 Å². The molecule has 4 rings (SSSR count). The Morgan fingerprint density at radius 2 is 1.88 bits per heavy atom. The summed E-state index contributed by atoms with van der Waals surface area (Å²) in [5.41, 5.74) is 6.71. The first-order valence-electron chi connectivity index (χ1n) is 9.31. The number of nitrogens with zero attached hydrogens (tertiary/aromatic N) is 1. The van der Waals surface area contributed by atoms with Crippen LogP contribution in [0.3, 0.4) is 0 Å². The van der Waals surface area contributed by atoms with E-state index in [0.717, 1.165) is 29.8 Å². The zero-order valence-electron chi connectivity index (χ0n) is 15.3. The molecule has 0 aromatic heterocycles. The molecule has 4 nitrogen and oxygen atoms in total. The smallest absolute Gasteiger partial charge is 0.229 e. The molecule has 0 saturated carbocycles. The molecule has 1 fully saturated rings. The average Bonchev–Trinajstić information content (AvgIpc) is 3.21. The summed E-state index contributed by atoms with van der Waals surface area (Å²) in [6, 6.07) is 12.2. The van der Waals surface area contributed by atoms with Gasteiger partial charge < -0.3 is 10.2 Å². The predicted octanol–water partition coefficient (Wildman–Crippen LogP) is 3.78. The van der Waals surface area contributed by atoms with E-state index >= 15 is 0 Å². The van der Waals surface area contributed by atoms with Crippen LogP contribution < -0.4 is 10.2 Å². The zero-order chi connectivity index (χ0) is 18.3. The predicted molar refractivity (Wildman–Crippen MR) is 103 cm³/mol. The van der Waals surface area contributed by atoms with Crippen molar-refractivity contribution in [3.8, 4) is 0 Å². The molecule has 2 aromatic carbocycles. The molecule has 1 atom stereocenters. The van der Waals surface area contributed by atoms with E-state index < -0.39 is 0 Å². The van der Waals surface area contributed by atoms with Gasteiger partial charge in [-0.2, -0.15) is 0 Å². The van der Waals surface area contributed by atoms with Crippen LogP contribution in [0.25, 0.3) is 0 Å². The van der Waals surface area contributed by atoms with Crippen molar-refractivity contribution in [2.24, 2.45) is 5.92 Å². The molecule has 1 heterocycles. The van der Waals surface area contributed by atoms with E-state index in [9.17, 15) is 9.59 Å². The first-order chi connectivity index (χ1) is 12.5. The van der Waals surface area contributed by atoms with Gasteiger partial charge in [-0.15, -0.1) is 0 Å². The quantitative estimate of drug-likeness (QED) is 0.917.